The quantitative estimate of drug-likeness (QED) is 0.893. The van der Waals surface area contributed by atoms with E-state index in [0.29, 0.717) is 11.5 Å². The van der Waals surface area contributed by atoms with Crippen molar-refractivity contribution in [2.45, 2.75) is 19.9 Å². The van der Waals surface area contributed by atoms with Gasteiger partial charge in [0.05, 0.1) is 12.1 Å². The smallest absolute Gasteiger partial charge is 0.226 e. The van der Waals surface area contributed by atoms with E-state index in [1.807, 2.05) is 0 Å². The first-order valence-electron chi connectivity index (χ1n) is 8.42. The maximum absolute atomic E-state index is 13.7. The van der Waals surface area contributed by atoms with Crippen LogP contribution in [0.4, 0.5) is 10.1 Å². The van der Waals surface area contributed by atoms with Crippen LogP contribution in [-0.2, 0) is 17.8 Å². The zero-order valence-electron chi connectivity index (χ0n) is 14.6. The Morgan fingerprint density at radius 2 is 2.04 bits per heavy atom. The summed E-state index contributed by atoms with van der Waals surface area (Å²) in [6.07, 6.45) is 0.149. The Kier molecular flexibility index (Phi) is 5.33. The van der Waals surface area contributed by atoms with E-state index >= 15 is 0 Å². The molecule has 0 spiro atoms. The number of hydrogen-bond donors (Lipinski definition) is 1. The van der Waals surface area contributed by atoms with Crippen LogP contribution >= 0.6 is 0 Å². The van der Waals surface area contributed by atoms with Crippen molar-refractivity contribution in [1.29, 1.82) is 0 Å². The summed E-state index contributed by atoms with van der Waals surface area (Å²) in [6.45, 7) is 5.78. The van der Waals surface area contributed by atoms with E-state index in [2.05, 4.69) is 27.3 Å². The van der Waals surface area contributed by atoms with Crippen molar-refractivity contribution >= 4 is 11.6 Å². The Hall–Kier alpha value is -2.41. The molecule has 1 saturated heterocycles. The highest BCUT2D eigenvalue weighted by molar-refractivity contribution is 5.78. The first-order chi connectivity index (χ1) is 12.0. The lowest BCUT2D eigenvalue weighted by molar-refractivity contribution is -0.120. The number of hydrogen-bond acceptors (Lipinski definition) is 5. The zero-order valence-corrected chi connectivity index (χ0v) is 14.6. The summed E-state index contributed by atoms with van der Waals surface area (Å²) in [7, 11) is 2.09. The van der Waals surface area contributed by atoms with Gasteiger partial charge in [-0.1, -0.05) is 5.16 Å². The fourth-order valence-electron chi connectivity index (χ4n) is 2.97. The average Bonchev–Trinajstić information content (AvgIpc) is 2.99. The summed E-state index contributed by atoms with van der Waals surface area (Å²) in [4.78, 5) is 16.6. The van der Waals surface area contributed by atoms with E-state index in [1.165, 1.54) is 12.1 Å². The highest BCUT2D eigenvalue weighted by Crippen LogP contribution is 2.23. The first kappa shape index (κ1) is 17.4. The second kappa shape index (κ2) is 7.65. The molecule has 1 aromatic heterocycles. The normalized spacial score (nSPS) is 15.4. The van der Waals surface area contributed by atoms with Crippen molar-refractivity contribution in [3.8, 4) is 0 Å². The Labute approximate surface area is 146 Å². The molecule has 1 aliphatic heterocycles. The third-order valence-corrected chi connectivity index (χ3v) is 4.38. The molecule has 2 aromatic rings. The predicted octanol–water partition coefficient (Wildman–Crippen LogP) is 1.73. The number of piperazine rings is 1. The minimum absolute atomic E-state index is 0.149. The Morgan fingerprint density at radius 3 is 2.72 bits per heavy atom. The summed E-state index contributed by atoms with van der Waals surface area (Å²) in [5, 5.41) is 6.66. The summed E-state index contributed by atoms with van der Waals surface area (Å²) in [5.74, 6) is 0.210. The van der Waals surface area contributed by atoms with Gasteiger partial charge in [-0.15, -0.1) is 0 Å². The molecular weight excluding hydrogens is 323 g/mol. The topological polar surface area (TPSA) is 61.6 Å². The third kappa shape index (κ3) is 4.57. The van der Waals surface area contributed by atoms with Crippen molar-refractivity contribution in [3.05, 3.63) is 47.1 Å². The van der Waals surface area contributed by atoms with Gasteiger partial charge in [0.1, 0.15) is 11.6 Å². The minimum atomic E-state index is -0.297. The molecule has 25 heavy (non-hydrogen) atoms. The number of amides is 1. The van der Waals surface area contributed by atoms with Crippen molar-refractivity contribution in [2.75, 3.05) is 38.1 Å². The van der Waals surface area contributed by atoms with Gasteiger partial charge < -0.3 is 19.6 Å². The molecule has 0 unspecified atom stereocenters. The van der Waals surface area contributed by atoms with Gasteiger partial charge in [-0.25, -0.2) is 4.39 Å². The Morgan fingerprint density at radius 1 is 1.28 bits per heavy atom. The van der Waals surface area contributed by atoms with E-state index in [4.69, 9.17) is 4.52 Å². The molecule has 0 radical (unpaired) electrons. The van der Waals surface area contributed by atoms with Crippen LogP contribution in [0.15, 0.2) is 28.8 Å². The van der Waals surface area contributed by atoms with E-state index in [-0.39, 0.29) is 24.7 Å². The fourth-order valence-corrected chi connectivity index (χ4v) is 2.97. The molecule has 7 heteroatoms. The number of nitrogens with one attached hydrogen (secondary N) is 1. The number of likely N-dealkylation sites (N-methyl/N-ethyl adjacent to an activating group) is 1. The number of rotatable bonds is 5. The van der Waals surface area contributed by atoms with Crippen LogP contribution in [0.3, 0.4) is 0 Å². The van der Waals surface area contributed by atoms with Crippen LogP contribution in [0.5, 0.6) is 0 Å². The lowest BCUT2D eigenvalue weighted by Gasteiger charge is -2.35. The molecule has 0 atom stereocenters. The SMILES string of the molecule is Cc1cc(CC(=O)NCc2cc(F)ccc2N2CCN(C)CC2)no1. The summed E-state index contributed by atoms with van der Waals surface area (Å²) >= 11 is 0. The van der Waals surface area contributed by atoms with Crippen molar-refractivity contribution in [2.24, 2.45) is 0 Å². The molecule has 0 aliphatic carbocycles. The minimum Gasteiger partial charge on any atom is -0.369 e. The number of carbonyl (C=O) groups excluding carboxylic acids is 1. The Bertz CT molecular complexity index is 738. The number of anilines is 1. The van der Waals surface area contributed by atoms with Crippen molar-refractivity contribution in [1.82, 2.24) is 15.4 Å². The number of carbonyl (C=O) groups is 1. The van der Waals surface area contributed by atoms with E-state index in [9.17, 15) is 9.18 Å². The van der Waals surface area contributed by atoms with Crippen LogP contribution in [0, 0.1) is 12.7 Å². The molecule has 0 bridgehead atoms. The van der Waals surface area contributed by atoms with Gasteiger partial charge in [0.25, 0.3) is 0 Å². The molecule has 0 saturated carbocycles. The van der Waals surface area contributed by atoms with Crippen molar-refractivity contribution < 1.29 is 13.7 Å². The van der Waals surface area contributed by atoms with E-state index in [0.717, 1.165) is 37.4 Å². The van der Waals surface area contributed by atoms with E-state index < -0.39 is 0 Å². The van der Waals surface area contributed by atoms with E-state index in [1.54, 1.807) is 19.1 Å². The largest absolute Gasteiger partial charge is 0.369 e. The molecular formula is C18H23FN4O2. The van der Waals surface area contributed by atoms with Crippen molar-refractivity contribution in [3.63, 3.8) is 0 Å². The predicted molar refractivity (Wildman–Crippen MR) is 92.9 cm³/mol. The molecule has 1 amide bonds. The maximum Gasteiger partial charge on any atom is 0.226 e. The van der Waals surface area contributed by atoms with Crippen LogP contribution in [0.1, 0.15) is 17.0 Å². The molecule has 1 aliphatic rings. The van der Waals surface area contributed by atoms with Gasteiger partial charge in [0.15, 0.2) is 0 Å². The molecule has 2 heterocycles. The lowest BCUT2D eigenvalue weighted by atomic mass is 10.1. The van der Waals surface area contributed by atoms with Gasteiger partial charge in [-0.05, 0) is 37.7 Å². The number of aryl methyl sites for hydroxylation is 1. The highest BCUT2D eigenvalue weighted by Gasteiger charge is 2.18. The van der Waals surface area contributed by atoms with Gasteiger partial charge in [0.2, 0.25) is 5.91 Å². The van der Waals surface area contributed by atoms with Crippen LogP contribution < -0.4 is 10.2 Å². The highest BCUT2D eigenvalue weighted by atomic mass is 19.1. The van der Waals surface area contributed by atoms with Gasteiger partial charge >= 0.3 is 0 Å². The second-order valence-corrected chi connectivity index (χ2v) is 6.45. The Balaban J connectivity index is 1.64. The molecule has 1 fully saturated rings. The number of nitrogens with zero attached hydrogens (tertiary/aromatic N) is 3. The van der Waals surface area contributed by atoms with Gasteiger partial charge in [0, 0.05) is 44.5 Å². The van der Waals surface area contributed by atoms with Gasteiger partial charge in [-0.3, -0.25) is 4.79 Å². The average molecular weight is 346 g/mol. The monoisotopic (exact) mass is 346 g/mol. The zero-order chi connectivity index (χ0) is 17.8. The maximum atomic E-state index is 13.7. The standard InChI is InChI=1S/C18H23FN4O2/c1-13-9-16(21-25-13)11-18(24)20-12-14-10-15(19)3-4-17(14)23-7-5-22(2)6-8-23/h3-4,9-10H,5-8,11-12H2,1-2H3,(H,20,24). The van der Waals surface area contributed by atoms with Crippen LogP contribution in [0.2, 0.25) is 0 Å². The fraction of sp³-hybridized carbons (Fsp3) is 0.444. The molecule has 6 nitrogen and oxygen atoms in total. The molecule has 3 rings (SSSR count). The third-order valence-electron chi connectivity index (χ3n) is 4.38. The summed E-state index contributed by atoms with van der Waals surface area (Å²) < 4.78 is 18.6. The molecule has 1 aromatic carbocycles. The summed E-state index contributed by atoms with van der Waals surface area (Å²) in [6, 6.07) is 6.49. The first-order valence-corrected chi connectivity index (χ1v) is 8.42. The van der Waals surface area contributed by atoms with Crippen LogP contribution in [0.25, 0.3) is 0 Å². The van der Waals surface area contributed by atoms with Crippen LogP contribution in [-0.4, -0.2) is 49.2 Å². The lowest BCUT2D eigenvalue weighted by Crippen LogP contribution is -2.45. The van der Waals surface area contributed by atoms with Gasteiger partial charge in [-0.2, -0.15) is 0 Å². The summed E-state index contributed by atoms with van der Waals surface area (Å²) in [5.41, 5.74) is 2.36. The second-order valence-electron chi connectivity index (χ2n) is 6.45. The number of halogens is 1. The number of benzene rings is 1. The molecule has 134 valence electrons. The number of aromatic nitrogens is 1. The molecule has 1 N–H and O–H groups in total.